The van der Waals surface area contributed by atoms with Crippen molar-refractivity contribution >= 4 is 11.6 Å². The minimum atomic E-state index is -0.951. The third kappa shape index (κ3) is 2.84. The third-order valence-corrected chi connectivity index (χ3v) is 4.46. The minimum Gasteiger partial charge on any atom is -0.392 e. The number of rotatable bonds is 4. The zero-order chi connectivity index (χ0) is 16.4. The van der Waals surface area contributed by atoms with Crippen LogP contribution in [0, 0.1) is 11.6 Å². The molecule has 0 spiro atoms. The largest absolute Gasteiger partial charge is 0.392 e. The lowest BCUT2D eigenvalue weighted by molar-refractivity contribution is -0.124. The number of benzene rings is 2. The van der Waals surface area contributed by atoms with Gasteiger partial charge in [-0.1, -0.05) is 24.6 Å². The van der Waals surface area contributed by atoms with Crippen LogP contribution in [0.2, 0.25) is 0 Å². The number of hydrogen-bond donors (Lipinski definition) is 2. The summed E-state index contributed by atoms with van der Waals surface area (Å²) in [6.45, 7) is -0.124. The molecule has 120 valence electrons. The molecule has 0 atom stereocenters. The summed E-state index contributed by atoms with van der Waals surface area (Å²) >= 11 is 0. The molecule has 1 aliphatic carbocycles. The first-order valence-corrected chi connectivity index (χ1v) is 7.52. The van der Waals surface area contributed by atoms with E-state index >= 15 is 0 Å². The van der Waals surface area contributed by atoms with Gasteiger partial charge in [0.2, 0.25) is 5.91 Å². The molecule has 0 saturated heterocycles. The van der Waals surface area contributed by atoms with Crippen molar-refractivity contribution in [2.24, 2.45) is 0 Å². The summed E-state index contributed by atoms with van der Waals surface area (Å²) < 4.78 is 27.3. The van der Waals surface area contributed by atoms with Crippen molar-refractivity contribution in [3.8, 4) is 0 Å². The van der Waals surface area contributed by atoms with Crippen LogP contribution in [0.25, 0.3) is 0 Å². The van der Waals surface area contributed by atoms with Gasteiger partial charge in [0.25, 0.3) is 0 Å². The monoisotopic (exact) mass is 317 g/mol. The van der Waals surface area contributed by atoms with Gasteiger partial charge in [0.05, 0.1) is 12.0 Å². The highest BCUT2D eigenvalue weighted by atomic mass is 19.1. The molecule has 3 nitrogen and oxygen atoms in total. The Labute approximate surface area is 133 Å². The molecule has 0 heterocycles. The summed E-state index contributed by atoms with van der Waals surface area (Å²) in [4.78, 5) is 12.7. The predicted octanol–water partition coefficient (Wildman–Crippen LogP) is 3.52. The fourth-order valence-corrected chi connectivity index (χ4v) is 3.02. The number of carbonyl (C=O) groups excluding carboxylic acids is 1. The second kappa shape index (κ2) is 6.08. The van der Waals surface area contributed by atoms with Crippen molar-refractivity contribution in [3.63, 3.8) is 0 Å². The van der Waals surface area contributed by atoms with Crippen LogP contribution >= 0.6 is 0 Å². The van der Waals surface area contributed by atoms with Gasteiger partial charge in [-0.05, 0) is 36.6 Å². The van der Waals surface area contributed by atoms with Crippen LogP contribution in [0.3, 0.4) is 0 Å². The topological polar surface area (TPSA) is 49.3 Å². The standard InChI is InChI=1S/C18H17F2NO2/c19-13-5-6-15(16(20)10-13)18(7-2-8-18)17(23)21-14-4-1-3-12(9-14)11-22/h1,3-6,9-10,22H,2,7-8,11H2,(H,21,23). The van der Waals surface area contributed by atoms with Crippen LogP contribution in [-0.4, -0.2) is 11.0 Å². The first kappa shape index (κ1) is 15.6. The number of halogens is 2. The number of nitrogens with one attached hydrogen (secondary N) is 1. The zero-order valence-electron chi connectivity index (χ0n) is 12.5. The van der Waals surface area contributed by atoms with E-state index in [-0.39, 0.29) is 18.1 Å². The van der Waals surface area contributed by atoms with E-state index in [4.69, 9.17) is 5.11 Å². The highest BCUT2D eigenvalue weighted by Gasteiger charge is 2.47. The molecule has 23 heavy (non-hydrogen) atoms. The van der Waals surface area contributed by atoms with Crippen LogP contribution in [0.1, 0.15) is 30.4 Å². The number of hydrogen-bond acceptors (Lipinski definition) is 2. The Morgan fingerprint density at radius 1 is 1.17 bits per heavy atom. The number of amides is 1. The quantitative estimate of drug-likeness (QED) is 0.906. The van der Waals surface area contributed by atoms with Gasteiger partial charge in [0.1, 0.15) is 11.6 Å². The fourth-order valence-electron chi connectivity index (χ4n) is 3.02. The minimum absolute atomic E-state index is 0.124. The van der Waals surface area contributed by atoms with Crippen molar-refractivity contribution in [2.75, 3.05) is 5.32 Å². The normalized spacial score (nSPS) is 15.8. The van der Waals surface area contributed by atoms with E-state index < -0.39 is 17.0 Å². The molecule has 3 rings (SSSR count). The molecule has 1 aliphatic rings. The first-order valence-electron chi connectivity index (χ1n) is 7.52. The van der Waals surface area contributed by atoms with Crippen LogP contribution in [-0.2, 0) is 16.8 Å². The molecule has 2 N–H and O–H groups in total. The van der Waals surface area contributed by atoms with E-state index in [2.05, 4.69) is 5.32 Å². The molecule has 1 saturated carbocycles. The van der Waals surface area contributed by atoms with Crippen molar-refractivity contribution in [2.45, 2.75) is 31.3 Å². The van der Waals surface area contributed by atoms with E-state index in [9.17, 15) is 13.6 Å². The number of aliphatic hydroxyl groups is 1. The average Bonchev–Trinajstić information content (AvgIpc) is 2.48. The number of aliphatic hydroxyl groups excluding tert-OH is 1. The number of anilines is 1. The maximum absolute atomic E-state index is 14.1. The maximum atomic E-state index is 14.1. The molecule has 1 amide bonds. The Morgan fingerprint density at radius 3 is 2.57 bits per heavy atom. The Kier molecular flexibility index (Phi) is 4.13. The van der Waals surface area contributed by atoms with Crippen molar-refractivity contribution < 1.29 is 18.7 Å². The van der Waals surface area contributed by atoms with E-state index in [1.165, 1.54) is 12.1 Å². The molecule has 0 radical (unpaired) electrons. The lowest BCUT2D eigenvalue weighted by Crippen LogP contribution is -2.46. The summed E-state index contributed by atoms with van der Waals surface area (Å²) in [5.41, 5.74) is 0.516. The SMILES string of the molecule is O=C(Nc1cccc(CO)c1)C1(c2ccc(F)cc2F)CCC1. The Bertz CT molecular complexity index is 742. The van der Waals surface area contributed by atoms with E-state index in [0.717, 1.165) is 12.5 Å². The van der Waals surface area contributed by atoms with E-state index in [1.807, 2.05) is 0 Å². The van der Waals surface area contributed by atoms with Crippen molar-refractivity contribution in [3.05, 3.63) is 65.2 Å². The maximum Gasteiger partial charge on any atom is 0.235 e. The molecule has 0 bridgehead atoms. The Hall–Kier alpha value is -2.27. The van der Waals surface area contributed by atoms with Gasteiger partial charge in [-0.2, -0.15) is 0 Å². The first-order chi connectivity index (χ1) is 11.0. The summed E-state index contributed by atoms with van der Waals surface area (Å²) in [6, 6.07) is 10.2. The number of carbonyl (C=O) groups is 1. The second-order valence-corrected chi connectivity index (χ2v) is 5.87. The summed E-state index contributed by atoms with van der Waals surface area (Å²) in [5, 5.41) is 11.9. The summed E-state index contributed by atoms with van der Waals surface area (Å²) in [5.74, 6) is -1.65. The van der Waals surface area contributed by atoms with Crippen molar-refractivity contribution in [1.82, 2.24) is 0 Å². The zero-order valence-corrected chi connectivity index (χ0v) is 12.5. The molecule has 2 aromatic rings. The van der Waals surface area contributed by atoms with Gasteiger partial charge in [-0.25, -0.2) is 8.78 Å². The highest BCUT2D eigenvalue weighted by Crippen LogP contribution is 2.45. The summed E-state index contributed by atoms with van der Waals surface area (Å²) in [7, 11) is 0. The van der Waals surface area contributed by atoms with Gasteiger partial charge in [-0.3, -0.25) is 4.79 Å². The average molecular weight is 317 g/mol. The van der Waals surface area contributed by atoms with Crippen LogP contribution in [0.4, 0.5) is 14.5 Å². The van der Waals surface area contributed by atoms with Crippen LogP contribution in [0.5, 0.6) is 0 Å². The lowest BCUT2D eigenvalue weighted by Gasteiger charge is -2.40. The summed E-state index contributed by atoms with van der Waals surface area (Å²) in [6.07, 6.45) is 1.88. The molecule has 1 fully saturated rings. The smallest absolute Gasteiger partial charge is 0.235 e. The Morgan fingerprint density at radius 2 is 1.96 bits per heavy atom. The molecular weight excluding hydrogens is 300 g/mol. The lowest BCUT2D eigenvalue weighted by atomic mass is 9.63. The predicted molar refractivity (Wildman–Crippen MR) is 82.9 cm³/mol. The molecule has 0 aromatic heterocycles. The Balaban J connectivity index is 1.89. The molecule has 0 aliphatic heterocycles. The van der Waals surface area contributed by atoms with Crippen LogP contribution < -0.4 is 5.32 Å². The highest BCUT2D eigenvalue weighted by molar-refractivity contribution is 6.00. The van der Waals surface area contributed by atoms with Gasteiger partial charge >= 0.3 is 0 Å². The molecule has 0 unspecified atom stereocenters. The van der Waals surface area contributed by atoms with E-state index in [0.29, 0.717) is 24.1 Å². The molecule has 2 aromatic carbocycles. The van der Waals surface area contributed by atoms with E-state index in [1.54, 1.807) is 24.3 Å². The van der Waals surface area contributed by atoms with Gasteiger partial charge in [0, 0.05) is 17.3 Å². The van der Waals surface area contributed by atoms with Gasteiger partial charge in [-0.15, -0.1) is 0 Å². The molecular formula is C18H17F2NO2. The third-order valence-electron chi connectivity index (χ3n) is 4.46. The van der Waals surface area contributed by atoms with Crippen molar-refractivity contribution in [1.29, 1.82) is 0 Å². The van der Waals surface area contributed by atoms with Crippen LogP contribution in [0.15, 0.2) is 42.5 Å². The fraction of sp³-hybridized carbons (Fsp3) is 0.278. The second-order valence-electron chi connectivity index (χ2n) is 5.87. The van der Waals surface area contributed by atoms with Gasteiger partial charge < -0.3 is 10.4 Å². The van der Waals surface area contributed by atoms with Gasteiger partial charge in [0.15, 0.2) is 0 Å². The molecule has 5 heteroatoms.